The van der Waals surface area contributed by atoms with Gasteiger partial charge in [-0.2, -0.15) is 0 Å². The summed E-state index contributed by atoms with van der Waals surface area (Å²) in [5.74, 6) is 0.413. The summed E-state index contributed by atoms with van der Waals surface area (Å²) >= 11 is 0. The third kappa shape index (κ3) is 3.70. The van der Waals surface area contributed by atoms with Crippen LogP contribution in [0.4, 0.5) is 0 Å². The van der Waals surface area contributed by atoms with Crippen molar-refractivity contribution in [2.75, 3.05) is 7.11 Å². The van der Waals surface area contributed by atoms with Gasteiger partial charge in [-0.25, -0.2) is 9.78 Å². The number of nitrogens with zero attached hydrogens (tertiary/aromatic N) is 1. The largest absolute Gasteiger partial charge is 0.464 e. The molecule has 3 rings (SSSR count). The number of fused-ring (bicyclic) bond motifs is 1. The third-order valence-electron chi connectivity index (χ3n) is 6.27. The lowest BCUT2D eigenvalue weighted by molar-refractivity contribution is 0.0482. The second-order valence-corrected chi connectivity index (χ2v) is 8.31. The molecule has 6 nitrogen and oxygen atoms in total. The van der Waals surface area contributed by atoms with Gasteiger partial charge in [-0.05, 0) is 42.2 Å². The Bertz CT molecular complexity index is 855. The summed E-state index contributed by atoms with van der Waals surface area (Å²) in [6.45, 7) is 9.15. The highest BCUT2D eigenvalue weighted by Gasteiger charge is 2.41. The Morgan fingerprint density at radius 1 is 1.37 bits per heavy atom. The van der Waals surface area contributed by atoms with Gasteiger partial charge in [0, 0.05) is 11.4 Å². The molecule has 0 bridgehead atoms. The quantitative estimate of drug-likeness (QED) is 0.798. The van der Waals surface area contributed by atoms with Crippen LogP contribution in [-0.4, -0.2) is 35.0 Å². The molecular formula is C21H29N3O3. The van der Waals surface area contributed by atoms with Crippen LogP contribution in [0.15, 0.2) is 18.3 Å². The van der Waals surface area contributed by atoms with Gasteiger partial charge in [0.1, 0.15) is 11.4 Å². The van der Waals surface area contributed by atoms with Crippen LogP contribution in [0, 0.1) is 17.3 Å². The molecule has 0 saturated heterocycles. The molecule has 0 unspecified atom stereocenters. The lowest BCUT2D eigenvalue weighted by Crippen LogP contribution is -2.49. The zero-order chi connectivity index (χ0) is 19.8. The van der Waals surface area contributed by atoms with Crippen LogP contribution >= 0.6 is 0 Å². The molecule has 0 radical (unpaired) electrons. The van der Waals surface area contributed by atoms with E-state index in [9.17, 15) is 9.59 Å². The van der Waals surface area contributed by atoms with E-state index in [0.717, 1.165) is 30.2 Å². The smallest absolute Gasteiger partial charge is 0.356 e. The van der Waals surface area contributed by atoms with Crippen molar-refractivity contribution in [3.8, 4) is 0 Å². The van der Waals surface area contributed by atoms with Crippen molar-refractivity contribution in [2.45, 2.75) is 53.0 Å². The van der Waals surface area contributed by atoms with Crippen LogP contribution in [0.2, 0.25) is 0 Å². The maximum Gasteiger partial charge on any atom is 0.356 e. The van der Waals surface area contributed by atoms with Crippen molar-refractivity contribution >= 4 is 22.8 Å². The van der Waals surface area contributed by atoms with Crippen molar-refractivity contribution in [2.24, 2.45) is 17.3 Å². The monoisotopic (exact) mass is 371 g/mol. The zero-order valence-corrected chi connectivity index (χ0v) is 16.8. The fraction of sp³-hybridized carbons (Fsp3) is 0.571. The number of methoxy groups -OCH3 is 1. The average Bonchev–Trinajstić information content (AvgIpc) is 3.07. The van der Waals surface area contributed by atoms with Gasteiger partial charge in [-0.15, -0.1) is 0 Å². The van der Waals surface area contributed by atoms with Gasteiger partial charge in [-0.3, -0.25) is 4.79 Å². The van der Waals surface area contributed by atoms with Crippen LogP contribution in [0.25, 0.3) is 10.9 Å². The fourth-order valence-electron chi connectivity index (χ4n) is 4.71. The maximum absolute atomic E-state index is 12.8. The number of nitrogens with one attached hydrogen (secondary N) is 2. The summed E-state index contributed by atoms with van der Waals surface area (Å²) in [5.41, 5.74) is 1.74. The van der Waals surface area contributed by atoms with Crippen molar-refractivity contribution in [3.05, 3.63) is 29.7 Å². The first kappa shape index (κ1) is 19.4. The highest BCUT2D eigenvalue weighted by atomic mass is 16.5. The first-order chi connectivity index (χ1) is 12.8. The Morgan fingerprint density at radius 3 is 2.78 bits per heavy atom. The van der Waals surface area contributed by atoms with Crippen molar-refractivity contribution in [1.29, 1.82) is 0 Å². The molecule has 3 atom stereocenters. The first-order valence-electron chi connectivity index (χ1n) is 9.64. The second-order valence-electron chi connectivity index (χ2n) is 8.31. The highest BCUT2D eigenvalue weighted by Crippen LogP contribution is 2.45. The standard InChI is InChI=1S/C21H29N3O3/c1-6-14-12(2)15(7-8-21(14,3)4)24-19(25)16-9-13-10-17(20(26)27-5)22-11-18(13)23-16/h9-12,14-15,23H,6-8H2,1-5H3,(H,24,25)/t12-,14-,15-/m0/s1. The minimum atomic E-state index is -0.492. The topological polar surface area (TPSA) is 84.1 Å². The molecule has 1 aliphatic rings. The molecule has 2 aromatic rings. The summed E-state index contributed by atoms with van der Waals surface area (Å²) in [4.78, 5) is 31.6. The summed E-state index contributed by atoms with van der Waals surface area (Å²) in [6.07, 6.45) is 4.77. The molecule has 0 aliphatic heterocycles. The summed E-state index contributed by atoms with van der Waals surface area (Å²) in [7, 11) is 1.32. The third-order valence-corrected chi connectivity index (χ3v) is 6.27. The number of H-pyrrole nitrogens is 1. The van der Waals surface area contributed by atoms with E-state index in [4.69, 9.17) is 4.74 Å². The lowest BCUT2D eigenvalue weighted by Gasteiger charge is -2.47. The SMILES string of the molecule is CC[C@H]1[C@H](C)[C@@H](NC(=O)c2cc3cc(C(=O)OC)ncc3[nH]2)CCC1(C)C. The van der Waals surface area contributed by atoms with Crippen LogP contribution in [0.5, 0.6) is 0 Å². The molecule has 6 heteroatoms. The van der Waals surface area contributed by atoms with Crippen LogP contribution in [-0.2, 0) is 4.74 Å². The molecule has 2 aromatic heterocycles. The number of carbonyl (C=O) groups is 2. The van der Waals surface area contributed by atoms with Crippen LogP contribution in [0.1, 0.15) is 67.9 Å². The average molecular weight is 371 g/mol. The molecule has 0 spiro atoms. The van der Waals surface area contributed by atoms with E-state index >= 15 is 0 Å². The highest BCUT2D eigenvalue weighted by molar-refractivity contribution is 5.99. The van der Waals surface area contributed by atoms with Crippen molar-refractivity contribution in [3.63, 3.8) is 0 Å². The molecule has 0 aromatic carbocycles. The predicted molar refractivity (Wildman–Crippen MR) is 105 cm³/mol. The number of rotatable bonds is 4. The van der Waals surface area contributed by atoms with Gasteiger partial charge in [0.25, 0.3) is 5.91 Å². The molecule has 146 valence electrons. The van der Waals surface area contributed by atoms with Gasteiger partial charge in [0.15, 0.2) is 0 Å². The lowest BCUT2D eigenvalue weighted by atomic mass is 9.61. The van der Waals surface area contributed by atoms with Gasteiger partial charge < -0.3 is 15.0 Å². The fourth-order valence-corrected chi connectivity index (χ4v) is 4.71. The number of amides is 1. The van der Waals surface area contributed by atoms with Crippen molar-refractivity contribution in [1.82, 2.24) is 15.3 Å². The predicted octanol–water partition coefficient (Wildman–Crippen LogP) is 3.93. The van der Waals surface area contributed by atoms with E-state index in [2.05, 4.69) is 43.0 Å². The number of ether oxygens (including phenoxy) is 1. The number of esters is 1. The van der Waals surface area contributed by atoms with Crippen LogP contribution < -0.4 is 5.32 Å². The Labute approximate surface area is 160 Å². The molecule has 27 heavy (non-hydrogen) atoms. The van der Waals surface area contributed by atoms with Gasteiger partial charge in [0.2, 0.25) is 0 Å². The molecule has 2 heterocycles. The first-order valence-corrected chi connectivity index (χ1v) is 9.64. The summed E-state index contributed by atoms with van der Waals surface area (Å²) < 4.78 is 4.70. The van der Waals surface area contributed by atoms with Gasteiger partial charge in [0.05, 0.1) is 18.8 Å². The molecule has 1 amide bonds. The van der Waals surface area contributed by atoms with E-state index in [1.165, 1.54) is 7.11 Å². The molecule has 2 N–H and O–H groups in total. The Hall–Kier alpha value is -2.37. The number of hydrogen-bond acceptors (Lipinski definition) is 4. The number of aromatic nitrogens is 2. The maximum atomic E-state index is 12.8. The van der Waals surface area contributed by atoms with E-state index < -0.39 is 5.97 Å². The minimum Gasteiger partial charge on any atom is -0.464 e. The Kier molecular flexibility index (Phi) is 5.27. The Balaban J connectivity index is 1.77. The normalized spacial score (nSPS) is 24.6. The number of pyridine rings is 1. The number of aromatic amines is 1. The van der Waals surface area contributed by atoms with Gasteiger partial charge in [-0.1, -0.05) is 34.1 Å². The molecule has 1 fully saturated rings. The molecule has 1 saturated carbocycles. The summed E-state index contributed by atoms with van der Waals surface area (Å²) in [6, 6.07) is 3.56. The van der Waals surface area contributed by atoms with E-state index in [0.29, 0.717) is 22.9 Å². The summed E-state index contributed by atoms with van der Waals surface area (Å²) in [5, 5.41) is 3.98. The van der Waals surface area contributed by atoms with Gasteiger partial charge >= 0.3 is 5.97 Å². The van der Waals surface area contributed by atoms with Crippen molar-refractivity contribution < 1.29 is 14.3 Å². The van der Waals surface area contributed by atoms with E-state index in [1.807, 2.05) is 0 Å². The number of hydrogen-bond donors (Lipinski definition) is 2. The minimum absolute atomic E-state index is 0.114. The Morgan fingerprint density at radius 2 is 2.11 bits per heavy atom. The van der Waals surface area contributed by atoms with E-state index in [1.54, 1.807) is 18.3 Å². The number of carbonyl (C=O) groups excluding carboxylic acids is 2. The second kappa shape index (κ2) is 7.33. The van der Waals surface area contributed by atoms with Crippen LogP contribution in [0.3, 0.4) is 0 Å². The zero-order valence-electron chi connectivity index (χ0n) is 16.8. The van der Waals surface area contributed by atoms with E-state index in [-0.39, 0.29) is 17.6 Å². The molecule has 1 aliphatic carbocycles. The molecular weight excluding hydrogens is 342 g/mol.